The SMILES string of the molecule is C=Cc1cccc(C(C(=O)NC2CCCCC2)N(CCCC)C(=O)C(Cc2ccc(O)cc2)NC(=O)OC(C)(C)C)c1. The minimum atomic E-state index is -1.01. The van der Waals surface area contributed by atoms with E-state index in [1.807, 2.05) is 31.2 Å². The van der Waals surface area contributed by atoms with E-state index in [1.54, 1.807) is 56.0 Å². The molecule has 0 radical (unpaired) electrons. The summed E-state index contributed by atoms with van der Waals surface area (Å²) in [7, 11) is 0. The first-order valence-corrected chi connectivity index (χ1v) is 15.1. The van der Waals surface area contributed by atoms with Gasteiger partial charge in [0, 0.05) is 19.0 Å². The number of carbonyl (C=O) groups excluding carboxylic acids is 3. The highest BCUT2D eigenvalue weighted by Gasteiger charge is 2.37. The Hall–Kier alpha value is -3.81. The number of aromatic hydroxyl groups is 1. The van der Waals surface area contributed by atoms with E-state index in [4.69, 9.17) is 4.74 Å². The van der Waals surface area contributed by atoms with E-state index in [0.717, 1.165) is 49.7 Å². The van der Waals surface area contributed by atoms with Gasteiger partial charge in [-0.2, -0.15) is 0 Å². The Labute approximate surface area is 250 Å². The van der Waals surface area contributed by atoms with Crippen molar-refractivity contribution in [1.29, 1.82) is 0 Å². The first-order valence-electron chi connectivity index (χ1n) is 15.1. The van der Waals surface area contributed by atoms with Gasteiger partial charge in [0.25, 0.3) is 0 Å². The zero-order chi connectivity index (χ0) is 30.7. The summed E-state index contributed by atoms with van der Waals surface area (Å²) < 4.78 is 5.51. The van der Waals surface area contributed by atoms with Crippen molar-refractivity contribution in [1.82, 2.24) is 15.5 Å². The summed E-state index contributed by atoms with van der Waals surface area (Å²) in [6.45, 7) is 11.5. The van der Waals surface area contributed by atoms with E-state index in [-0.39, 0.29) is 30.0 Å². The van der Waals surface area contributed by atoms with E-state index < -0.39 is 23.8 Å². The molecule has 0 spiro atoms. The number of nitrogens with one attached hydrogen (secondary N) is 2. The van der Waals surface area contributed by atoms with Crippen LogP contribution in [0.15, 0.2) is 55.1 Å². The lowest BCUT2D eigenvalue weighted by atomic mass is 9.94. The van der Waals surface area contributed by atoms with Crippen LogP contribution in [0.4, 0.5) is 4.79 Å². The van der Waals surface area contributed by atoms with E-state index >= 15 is 0 Å². The maximum Gasteiger partial charge on any atom is 0.408 e. The summed E-state index contributed by atoms with van der Waals surface area (Å²) in [4.78, 5) is 43.1. The Kier molecular flexibility index (Phi) is 12.0. The molecule has 0 saturated heterocycles. The largest absolute Gasteiger partial charge is 0.508 e. The number of phenols is 1. The van der Waals surface area contributed by atoms with Crippen molar-refractivity contribution in [2.45, 2.75) is 103 Å². The zero-order valence-electron chi connectivity index (χ0n) is 25.5. The van der Waals surface area contributed by atoms with Crippen LogP contribution in [0, 0.1) is 0 Å². The number of ether oxygens (including phenoxy) is 1. The predicted molar refractivity (Wildman–Crippen MR) is 166 cm³/mol. The molecule has 0 bridgehead atoms. The molecule has 8 nitrogen and oxygen atoms in total. The van der Waals surface area contributed by atoms with Gasteiger partial charge in [-0.3, -0.25) is 9.59 Å². The molecule has 1 aliphatic rings. The van der Waals surface area contributed by atoms with Gasteiger partial charge in [-0.05, 0) is 74.9 Å². The molecule has 8 heteroatoms. The molecule has 2 unspecified atom stereocenters. The quantitative estimate of drug-likeness (QED) is 0.275. The van der Waals surface area contributed by atoms with Crippen molar-refractivity contribution >= 4 is 24.0 Å². The first kappa shape index (κ1) is 32.7. The van der Waals surface area contributed by atoms with Crippen LogP contribution in [-0.2, 0) is 20.7 Å². The maximum atomic E-state index is 14.5. The first-order chi connectivity index (χ1) is 20.0. The topological polar surface area (TPSA) is 108 Å². The summed E-state index contributed by atoms with van der Waals surface area (Å²) in [6, 6.07) is 12.2. The lowest BCUT2D eigenvalue weighted by Crippen LogP contribution is -2.54. The standard InChI is InChI=1S/C34H47N3O5/c1-6-8-21-37(30(26-14-12-13-24(7-2)22-26)31(39)35-27-15-10-9-11-16-27)32(40)29(36-33(41)42-34(3,4)5)23-25-17-19-28(38)20-18-25/h7,12-14,17-20,22,27,29-30,38H,2,6,8-11,15-16,21,23H2,1,3-5H3,(H,35,39)(H,36,41). The van der Waals surface area contributed by atoms with E-state index in [2.05, 4.69) is 17.2 Å². The van der Waals surface area contributed by atoms with Gasteiger partial charge in [0.15, 0.2) is 0 Å². The van der Waals surface area contributed by atoms with Gasteiger partial charge < -0.3 is 25.4 Å². The fourth-order valence-corrected chi connectivity index (χ4v) is 5.27. The third-order valence-corrected chi connectivity index (χ3v) is 7.37. The Balaban J connectivity index is 2.03. The Morgan fingerprint density at radius 3 is 2.40 bits per heavy atom. The van der Waals surface area contributed by atoms with Crippen LogP contribution < -0.4 is 10.6 Å². The van der Waals surface area contributed by atoms with Gasteiger partial charge in [0.05, 0.1) is 0 Å². The van der Waals surface area contributed by atoms with E-state index in [1.165, 1.54) is 0 Å². The van der Waals surface area contributed by atoms with Crippen LogP contribution >= 0.6 is 0 Å². The normalized spacial score (nSPS) is 15.2. The van der Waals surface area contributed by atoms with Crippen molar-refractivity contribution in [2.75, 3.05) is 6.54 Å². The molecule has 3 amide bonds. The van der Waals surface area contributed by atoms with Crippen LogP contribution in [0.2, 0.25) is 0 Å². The number of amides is 3. The van der Waals surface area contributed by atoms with Crippen LogP contribution in [-0.4, -0.2) is 52.1 Å². The lowest BCUT2D eigenvalue weighted by molar-refractivity contribution is -0.143. The molecule has 0 aliphatic heterocycles. The third-order valence-electron chi connectivity index (χ3n) is 7.37. The predicted octanol–water partition coefficient (Wildman–Crippen LogP) is 6.29. The molecule has 3 rings (SSSR count). The highest BCUT2D eigenvalue weighted by atomic mass is 16.6. The van der Waals surface area contributed by atoms with Crippen molar-refractivity contribution in [3.63, 3.8) is 0 Å². The molecule has 2 aromatic rings. The van der Waals surface area contributed by atoms with Gasteiger partial charge in [-0.25, -0.2) is 4.79 Å². The smallest absolute Gasteiger partial charge is 0.408 e. The summed E-state index contributed by atoms with van der Waals surface area (Å²) in [5.41, 5.74) is 1.52. The molecule has 1 aliphatic carbocycles. The average molecular weight is 578 g/mol. The molecule has 2 aromatic carbocycles. The maximum absolute atomic E-state index is 14.5. The van der Waals surface area contributed by atoms with Gasteiger partial charge in [0.2, 0.25) is 11.8 Å². The summed E-state index contributed by atoms with van der Waals surface area (Å²) in [5, 5.41) is 15.8. The number of hydrogen-bond acceptors (Lipinski definition) is 5. The molecule has 1 fully saturated rings. The Bertz CT molecular complexity index is 1200. The molecule has 0 heterocycles. The summed E-state index contributed by atoms with van der Waals surface area (Å²) >= 11 is 0. The van der Waals surface area contributed by atoms with Gasteiger partial charge in [-0.1, -0.05) is 75.6 Å². The Morgan fingerprint density at radius 2 is 1.79 bits per heavy atom. The second-order valence-electron chi connectivity index (χ2n) is 12.1. The van der Waals surface area contributed by atoms with Crippen molar-refractivity contribution in [3.8, 4) is 5.75 Å². The zero-order valence-corrected chi connectivity index (χ0v) is 25.5. The fraction of sp³-hybridized carbons (Fsp3) is 0.500. The van der Waals surface area contributed by atoms with Crippen LogP contribution in [0.25, 0.3) is 6.08 Å². The van der Waals surface area contributed by atoms with E-state index in [0.29, 0.717) is 18.5 Å². The van der Waals surface area contributed by atoms with Gasteiger partial charge in [-0.15, -0.1) is 0 Å². The number of hydrogen-bond donors (Lipinski definition) is 3. The molecule has 228 valence electrons. The van der Waals surface area contributed by atoms with Crippen molar-refractivity contribution < 1.29 is 24.2 Å². The number of rotatable bonds is 12. The highest BCUT2D eigenvalue weighted by Crippen LogP contribution is 2.27. The molecular formula is C34H47N3O5. The Morgan fingerprint density at radius 1 is 1.10 bits per heavy atom. The summed E-state index contributed by atoms with van der Waals surface area (Å²) in [5.74, 6) is -0.503. The molecule has 1 saturated carbocycles. The number of phenolic OH excluding ortho intramolecular Hbond substituents is 1. The van der Waals surface area contributed by atoms with Gasteiger partial charge >= 0.3 is 6.09 Å². The minimum Gasteiger partial charge on any atom is -0.508 e. The molecular weight excluding hydrogens is 530 g/mol. The molecule has 42 heavy (non-hydrogen) atoms. The fourth-order valence-electron chi connectivity index (χ4n) is 5.27. The van der Waals surface area contributed by atoms with Crippen LogP contribution in [0.1, 0.15) is 95.4 Å². The van der Waals surface area contributed by atoms with Crippen LogP contribution in [0.5, 0.6) is 5.75 Å². The molecule has 3 N–H and O–H groups in total. The second kappa shape index (κ2) is 15.4. The number of nitrogens with zero attached hydrogens (tertiary/aromatic N) is 1. The number of unbranched alkanes of at least 4 members (excludes halogenated alkanes) is 1. The minimum absolute atomic E-state index is 0.0622. The molecule has 2 atom stereocenters. The summed E-state index contributed by atoms with van der Waals surface area (Å²) in [6.07, 6.45) is 7.77. The third kappa shape index (κ3) is 9.93. The second-order valence-corrected chi connectivity index (χ2v) is 12.1. The lowest BCUT2D eigenvalue weighted by Gasteiger charge is -2.36. The van der Waals surface area contributed by atoms with Crippen molar-refractivity contribution in [2.24, 2.45) is 0 Å². The van der Waals surface area contributed by atoms with E-state index in [9.17, 15) is 19.5 Å². The van der Waals surface area contributed by atoms with Gasteiger partial charge in [0.1, 0.15) is 23.4 Å². The van der Waals surface area contributed by atoms with Crippen molar-refractivity contribution in [3.05, 3.63) is 71.8 Å². The number of benzene rings is 2. The number of carbonyl (C=O) groups is 3. The number of alkyl carbamates (subject to hydrolysis) is 1. The monoisotopic (exact) mass is 577 g/mol. The molecule has 0 aromatic heterocycles. The van der Waals surface area contributed by atoms with Crippen LogP contribution in [0.3, 0.4) is 0 Å². The average Bonchev–Trinajstić information content (AvgIpc) is 2.95. The highest BCUT2D eigenvalue weighted by molar-refractivity contribution is 5.92.